The van der Waals surface area contributed by atoms with Crippen molar-refractivity contribution < 1.29 is 4.74 Å². The number of nitrogens with zero attached hydrogens (tertiary/aromatic N) is 6. The molecule has 0 bridgehead atoms. The Balaban J connectivity index is 0.00000289. The van der Waals surface area contributed by atoms with Gasteiger partial charge in [-0.15, -0.1) is 23.7 Å². The van der Waals surface area contributed by atoms with E-state index < -0.39 is 0 Å². The van der Waals surface area contributed by atoms with E-state index in [0.717, 1.165) is 55.4 Å². The van der Waals surface area contributed by atoms with E-state index in [1.807, 2.05) is 17.9 Å². The number of ether oxygens (including phenoxy) is 1. The molecule has 0 saturated carbocycles. The minimum atomic E-state index is 0. The molecular formula is C26H31ClN6OS. The van der Waals surface area contributed by atoms with Crippen LogP contribution >= 0.6 is 23.7 Å². The van der Waals surface area contributed by atoms with Crippen LogP contribution in [0.5, 0.6) is 0 Å². The summed E-state index contributed by atoms with van der Waals surface area (Å²) in [6, 6.07) is 12.6. The largest absolute Gasteiger partial charge is 0.371 e. The predicted molar refractivity (Wildman–Crippen MR) is 143 cm³/mol. The number of hydrogen-bond acceptors (Lipinski definition) is 7. The molecule has 0 aliphatic carbocycles. The monoisotopic (exact) mass is 510 g/mol. The van der Waals surface area contributed by atoms with Crippen LogP contribution in [-0.2, 0) is 31.5 Å². The zero-order valence-electron chi connectivity index (χ0n) is 20.1. The van der Waals surface area contributed by atoms with Crippen LogP contribution in [0.25, 0.3) is 11.3 Å². The van der Waals surface area contributed by atoms with Crippen molar-refractivity contribution in [1.82, 2.24) is 24.6 Å². The maximum atomic E-state index is 5.85. The van der Waals surface area contributed by atoms with Gasteiger partial charge in [0.2, 0.25) is 0 Å². The molecule has 184 valence electrons. The van der Waals surface area contributed by atoms with Gasteiger partial charge in [0.05, 0.1) is 19.4 Å². The first kappa shape index (κ1) is 25.3. The van der Waals surface area contributed by atoms with E-state index in [-0.39, 0.29) is 12.4 Å². The molecule has 1 aliphatic heterocycles. The van der Waals surface area contributed by atoms with E-state index in [4.69, 9.17) is 14.7 Å². The van der Waals surface area contributed by atoms with E-state index >= 15 is 0 Å². The van der Waals surface area contributed by atoms with Crippen LogP contribution in [0, 0.1) is 6.92 Å². The third-order valence-corrected chi connectivity index (χ3v) is 7.25. The summed E-state index contributed by atoms with van der Waals surface area (Å²) >= 11 is 1.72. The summed E-state index contributed by atoms with van der Waals surface area (Å²) in [6.45, 7) is 8.17. The van der Waals surface area contributed by atoms with E-state index in [1.54, 1.807) is 23.7 Å². The maximum absolute atomic E-state index is 5.85. The van der Waals surface area contributed by atoms with Crippen LogP contribution in [0.4, 0.5) is 5.82 Å². The molecule has 0 radical (unpaired) electrons. The second-order valence-electron chi connectivity index (χ2n) is 8.64. The number of anilines is 1. The molecule has 1 fully saturated rings. The van der Waals surface area contributed by atoms with Crippen LogP contribution in [0.1, 0.15) is 21.7 Å². The molecule has 35 heavy (non-hydrogen) atoms. The summed E-state index contributed by atoms with van der Waals surface area (Å²) in [6.07, 6.45) is 5.55. The van der Waals surface area contributed by atoms with E-state index in [2.05, 4.69) is 63.6 Å². The highest BCUT2D eigenvalue weighted by Gasteiger charge is 2.22. The number of thiophene rings is 1. The van der Waals surface area contributed by atoms with Crippen molar-refractivity contribution in [2.75, 3.05) is 31.1 Å². The van der Waals surface area contributed by atoms with Crippen molar-refractivity contribution in [3.05, 3.63) is 82.1 Å². The fourth-order valence-corrected chi connectivity index (χ4v) is 4.89. The molecule has 0 unspecified atom stereocenters. The Kier molecular flexibility index (Phi) is 8.51. The van der Waals surface area contributed by atoms with Gasteiger partial charge in [0.25, 0.3) is 0 Å². The third-order valence-electron chi connectivity index (χ3n) is 6.40. The number of aryl methyl sites for hydroxylation is 1. The fourth-order valence-electron chi connectivity index (χ4n) is 4.25. The van der Waals surface area contributed by atoms with Gasteiger partial charge < -0.3 is 9.64 Å². The zero-order valence-corrected chi connectivity index (χ0v) is 21.8. The molecule has 3 aromatic heterocycles. The molecule has 0 N–H and O–H groups in total. The average molecular weight is 511 g/mol. The molecule has 0 spiro atoms. The number of aromatic nitrogens is 4. The number of halogens is 1. The Morgan fingerprint density at radius 2 is 1.74 bits per heavy atom. The molecule has 9 heteroatoms. The van der Waals surface area contributed by atoms with Gasteiger partial charge in [-0.1, -0.05) is 30.3 Å². The zero-order chi connectivity index (χ0) is 23.3. The molecule has 0 amide bonds. The molecule has 4 heterocycles. The molecule has 4 aromatic rings. The molecule has 5 rings (SSSR count). The highest BCUT2D eigenvalue weighted by molar-refractivity contribution is 7.09. The van der Waals surface area contributed by atoms with Gasteiger partial charge in [-0.05, 0) is 23.9 Å². The Hall–Kier alpha value is -2.78. The second kappa shape index (κ2) is 11.8. The fraction of sp³-hybridized carbons (Fsp3) is 0.346. The maximum Gasteiger partial charge on any atom is 0.155 e. The number of piperazine rings is 1. The van der Waals surface area contributed by atoms with Gasteiger partial charge in [-0.3, -0.25) is 14.6 Å². The first-order valence-corrected chi connectivity index (χ1v) is 12.5. The van der Waals surface area contributed by atoms with Crippen molar-refractivity contribution in [2.24, 2.45) is 7.05 Å². The summed E-state index contributed by atoms with van der Waals surface area (Å²) in [7, 11) is 2.00. The molecule has 1 saturated heterocycles. The van der Waals surface area contributed by atoms with E-state index in [9.17, 15) is 0 Å². The Morgan fingerprint density at radius 3 is 2.43 bits per heavy atom. The second-order valence-corrected chi connectivity index (χ2v) is 9.67. The summed E-state index contributed by atoms with van der Waals surface area (Å²) in [4.78, 5) is 15.5. The van der Waals surface area contributed by atoms with Crippen molar-refractivity contribution >= 4 is 29.6 Å². The highest BCUT2D eigenvalue weighted by Crippen LogP contribution is 2.28. The molecule has 0 atom stereocenters. The van der Waals surface area contributed by atoms with Crippen molar-refractivity contribution in [3.63, 3.8) is 0 Å². The van der Waals surface area contributed by atoms with Gasteiger partial charge in [-0.25, -0.2) is 4.98 Å². The van der Waals surface area contributed by atoms with Crippen LogP contribution in [-0.4, -0.2) is 50.8 Å². The number of benzene rings is 1. The van der Waals surface area contributed by atoms with E-state index in [1.165, 1.54) is 16.1 Å². The smallest absolute Gasteiger partial charge is 0.155 e. The molecule has 7 nitrogen and oxygen atoms in total. The summed E-state index contributed by atoms with van der Waals surface area (Å²) in [5.74, 6) is 0.960. The van der Waals surface area contributed by atoms with Gasteiger partial charge in [0.15, 0.2) is 5.82 Å². The Labute approximate surface area is 216 Å². The molecular weight excluding hydrogens is 480 g/mol. The van der Waals surface area contributed by atoms with Gasteiger partial charge in [0, 0.05) is 73.9 Å². The Morgan fingerprint density at radius 1 is 0.971 bits per heavy atom. The molecule has 1 aliphatic rings. The minimum Gasteiger partial charge on any atom is -0.371 e. The number of rotatable bonds is 8. The minimum absolute atomic E-state index is 0. The summed E-state index contributed by atoms with van der Waals surface area (Å²) in [5, 5.41) is 6.45. The predicted octanol–water partition coefficient (Wildman–Crippen LogP) is 4.71. The third kappa shape index (κ3) is 6.08. The van der Waals surface area contributed by atoms with Gasteiger partial charge in [-0.2, -0.15) is 5.10 Å². The average Bonchev–Trinajstić information content (AvgIpc) is 3.51. The Bertz CT molecular complexity index is 1200. The first-order chi connectivity index (χ1) is 16.7. The van der Waals surface area contributed by atoms with Crippen LogP contribution < -0.4 is 4.90 Å². The topological polar surface area (TPSA) is 59.3 Å². The van der Waals surface area contributed by atoms with Crippen molar-refractivity contribution in [2.45, 2.75) is 26.7 Å². The first-order valence-electron chi connectivity index (χ1n) is 11.6. The lowest BCUT2D eigenvalue weighted by Gasteiger charge is -2.35. The van der Waals surface area contributed by atoms with Crippen molar-refractivity contribution in [1.29, 1.82) is 0 Å². The van der Waals surface area contributed by atoms with Gasteiger partial charge in [0.1, 0.15) is 5.69 Å². The highest BCUT2D eigenvalue weighted by atomic mass is 35.5. The molecule has 1 aromatic carbocycles. The summed E-state index contributed by atoms with van der Waals surface area (Å²) < 4.78 is 7.80. The van der Waals surface area contributed by atoms with Crippen molar-refractivity contribution in [3.8, 4) is 11.3 Å². The lowest BCUT2D eigenvalue weighted by atomic mass is 10.1. The lowest BCUT2D eigenvalue weighted by Crippen LogP contribution is -2.46. The lowest BCUT2D eigenvalue weighted by molar-refractivity contribution is 0.109. The van der Waals surface area contributed by atoms with Crippen LogP contribution in [0.2, 0.25) is 0 Å². The SMILES string of the molecule is Cc1c(CN2CCN(c3nccnc3-c3ccc(COCc4cccs4)cc3)CC2)cnn1C.Cl. The van der Waals surface area contributed by atoms with Crippen LogP contribution in [0.15, 0.2) is 60.4 Å². The number of hydrogen-bond donors (Lipinski definition) is 0. The van der Waals surface area contributed by atoms with E-state index in [0.29, 0.717) is 13.2 Å². The normalized spacial score (nSPS) is 14.2. The standard InChI is InChI=1S/C26H30N6OS.ClH/c1-20-23(16-29-30(20)2)17-31-11-13-32(14-12-31)26-25(27-9-10-28-26)22-7-5-21(6-8-22)18-33-19-24-4-3-15-34-24;/h3-10,15-16H,11-14,17-19H2,1-2H3;1H. The quantitative estimate of drug-likeness (QED) is 0.342. The van der Waals surface area contributed by atoms with Gasteiger partial charge >= 0.3 is 0 Å². The summed E-state index contributed by atoms with van der Waals surface area (Å²) in [5.41, 5.74) is 5.71. The van der Waals surface area contributed by atoms with Crippen LogP contribution in [0.3, 0.4) is 0 Å².